The third-order valence-electron chi connectivity index (χ3n) is 5.60. The van der Waals surface area contributed by atoms with Crippen molar-refractivity contribution in [2.24, 2.45) is 5.92 Å². The molecule has 160 valence electrons. The van der Waals surface area contributed by atoms with Gasteiger partial charge in [0.15, 0.2) is 17.0 Å². The first-order valence-corrected chi connectivity index (χ1v) is 11.7. The van der Waals surface area contributed by atoms with E-state index in [0.29, 0.717) is 30.0 Å². The number of anilines is 1. The number of hydrogen-bond acceptors (Lipinski definition) is 5. The Hall–Kier alpha value is -1.81. The number of nitrogens with zero attached hydrogens (tertiary/aromatic N) is 4. The van der Waals surface area contributed by atoms with Crippen molar-refractivity contribution >= 4 is 39.6 Å². The SMILES string of the molecule is CC(C)CNCCn1c(Cc2cc3c(cc2I)CCCC3)nc2c(N)nc(F)nc21. The van der Waals surface area contributed by atoms with E-state index in [1.165, 1.54) is 33.1 Å². The maximum Gasteiger partial charge on any atom is 0.312 e. The number of hydrogen-bond donors (Lipinski definition) is 2. The topological polar surface area (TPSA) is 81.7 Å². The van der Waals surface area contributed by atoms with Crippen LogP contribution in [0.5, 0.6) is 0 Å². The van der Waals surface area contributed by atoms with E-state index < -0.39 is 6.08 Å². The molecule has 8 heteroatoms. The van der Waals surface area contributed by atoms with Gasteiger partial charge in [-0.25, -0.2) is 4.98 Å². The molecular weight excluding hydrogens is 494 g/mol. The van der Waals surface area contributed by atoms with Crippen LogP contribution < -0.4 is 11.1 Å². The van der Waals surface area contributed by atoms with E-state index in [9.17, 15) is 4.39 Å². The number of aryl methyl sites for hydroxylation is 2. The highest BCUT2D eigenvalue weighted by molar-refractivity contribution is 14.1. The lowest BCUT2D eigenvalue weighted by molar-refractivity contribution is 0.517. The maximum absolute atomic E-state index is 13.9. The number of imidazole rings is 1. The quantitative estimate of drug-likeness (QED) is 0.280. The third kappa shape index (κ3) is 4.59. The molecule has 0 saturated heterocycles. The zero-order valence-corrected chi connectivity index (χ0v) is 19.7. The van der Waals surface area contributed by atoms with E-state index in [1.54, 1.807) is 0 Å². The standard InChI is InChI=1S/C22H28FIN6/c1-13(2)12-26-7-8-30-18(27-19-20(25)28-22(23)29-21(19)30)11-16-9-14-5-3-4-6-15(14)10-17(16)24/h9-10,13,26H,3-8,11-12H2,1-2H3,(H2,25,28,29). The Morgan fingerprint density at radius 3 is 2.63 bits per heavy atom. The summed E-state index contributed by atoms with van der Waals surface area (Å²) in [7, 11) is 0. The maximum atomic E-state index is 13.9. The van der Waals surface area contributed by atoms with Crippen molar-refractivity contribution in [3.8, 4) is 0 Å². The van der Waals surface area contributed by atoms with Gasteiger partial charge in [-0.05, 0) is 83.5 Å². The predicted octanol–water partition coefficient (Wildman–Crippen LogP) is 3.87. The molecule has 2 aromatic heterocycles. The van der Waals surface area contributed by atoms with Gasteiger partial charge in [0.2, 0.25) is 0 Å². The van der Waals surface area contributed by atoms with Crippen LogP contribution in [0.25, 0.3) is 11.2 Å². The normalized spacial score (nSPS) is 13.9. The summed E-state index contributed by atoms with van der Waals surface area (Å²) in [5.74, 6) is 1.50. The summed E-state index contributed by atoms with van der Waals surface area (Å²) in [6, 6.07) is 4.64. The molecule has 0 amide bonds. The van der Waals surface area contributed by atoms with Gasteiger partial charge in [0.25, 0.3) is 0 Å². The lowest BCUT2D eigenvalue weighted by Crippen LogP contribution is -2.25. The summed E-state index contributed by atoms with van der Waals surface area (Å²) in [6.45, 7) is 6.67. The van der Waals surface area contributed by atoms with Crippen molar-refractivity contribution in [2.45, 2.75) is 52.5 Å². The van der Waals surface area contributed by atoms with E-state index >= 15 is 0 Å². The molecule has 1 aromatic carbocycles. The van der Waals surface area contributed by atoms with Gasteiger partial charge in [-0.1, -0.05) is 19.9 Å². The number of nitrogen functional groups attached to an aromatic ring is 1. The van der Waals surface area contributed by atoms with Crippen LogP contribution >= 0.6 is 22.6 Å². The minimum Gasteiger partial charge on any atom is -0.382 e. The Balaban J connectivity index is 1.69. The highest BCUT2D eigenvalue weighted by Gasteiger charge is 2.19. The third-order valence-corrected chi connectivity index (χ3v) is 6.60. The first-order chi connectivity index (χ1) is 14.4. The molecular formula is C22H28FIN6. The fraction of sp³-hybridized carbons (Fsp3) is 0.500. The van der Waals surface area contributed by atoms with Crippen LogP contribution in [0, 0.1) is 15.6 Å². The second-order valence-corrected chi connectivity index (χ2v) is 9.59. The lowest BCUT2D eigenvalue weighted by Gasteiger charge is -2.18. The monoisotopic (exact) mass is 522 g/mol. The number of halogens is 2. The van der Waals surface area contributed by atoms with Gasteiger partial charge in [-0.15, -0.1) is 0 Å². The van der Waals surface area contributed by atoms with Gasteiger partial charge < -0.3 is 15.6 Å². The Kier molecular flexibility index (Phi) is 6.52. The second-order valence-electron chi connectivity index (χ2n) is 8.42. The zero-order valence-electron chi connectivity index (χ0n) is 17.5. The highest BCUT2D eigenvalue weighted by Crippen LogP contribution is 2.28. The Bertz CT molecular complexity index is 1060. The Morgan fingerprint density at radius 1 is 1.17 bits per heavy atom. The molecule has 4 rings (SSSR count). The fourth-order valence-corrected chi connectivity index (χ4v) is 4.83. The zero-order chi connectivity index (χ0) is 21.3. The molecule has 0 aliphatic heterocycles. The Labute approximate surface area is 190 Å². The first kappa shape index (κ1) is 21.4. The van der Waals surface area contributed by atoms with Crippen molar-refractivity contribution in [2.75, 3.05) is 18.8 Å². The molecule has 3 N–H and O–H groups in total. The number of aromatic nitrogens is 4. The average Bonchev–Trinajstić information content (AvgIpc) is 3.03. The van der Waals surface area contributed by atoms with Crippen molar-refractivity contribution in [3.63, 3.8) is 0 Å². The van der Waals surface area contributed by atoms with Crippen molar-refractivity contribution < 1.29 is 4.39 Å². The summed E-state index contributed by atoms with van der Waals surface area (Å²) >= 11 is 2.42. The van der Waals surface area contributed by atoms with Crippen LogP contribution in [0.3, 0.4) is 0 Å². The summed E-state index contributed by atoms with van der Waals surface area (Å²) in [5.41, 5.74) is 11.1. The fourth-order valence-electron chi connectivity index (χ4n) is 4.10. The van der Waals surface area contributed by atoms with Crippen LogP contribution in [-0.2, 0) is 25.8 Å². The molecule has 0 atom stereocenters. The van der Waals surface area contributed by atoms with Crippen LogP contribution in [0.2, 0.25) is 0 Å². The molecule has 0 saturated carbocycles. The van der Waals surface area contributed by atoms with Gasteiger partial charge in [0, 0.05) is 23.1 Å². The Morgan fingerprint density at radius 2 is 1.90 bits per heavy atom. The van der Waals surface area contributed by atoms with Gasteiger partial charge in [-0.2, -0.15) is 14.4 Å². The van der Waals surface area contributed by atoms with Crippen LogP contribution in [0.1, 0.15) is 49.2 Å². The number of nitrogens with one attached hydrogen (secondary N) is 1. The molecule has 6 nitrogen and oxygen atoms in total. The smallest absolute Gasteiger partial charge is 0.312 e. The van der Waals surface area contributed by atoms with E-state index in [0.717, 1.165) is 31.8 Å². The van der Waals surface area contributed by atoms with Crippen LogP contribution in [0.4, 0.5) is 10.2 Å². The molecule has 1 aliphatic rings. The molecule has 30 heavy (non-hydrogen) atoms. The molecule has 0 bridgehead atoms. The summed E-state index contributed by atoms with van der Waals surface area (Å²) < 4.78 is 17.1. The molecule has 0 fully saturated rings. The van der Waals surface area contributed by atoms with Crippen molar-refractivity contribution in [1.29, 1.82) is 0 Å². The van der Waals surface area contributed by atoms with E-state index in [2.05, 4.69) is 63.9 Å². The highest BCUT2D eigenvalue weighted by atomic mass is 127. The van der Waals surface area contributed by atoms with Crippen LogP contribution in [0.15, 0.2) is 12.1 Å². The minimum atomic E-state index is -0.814. The lowest BCUT2D eigenvalue weighted by atomic mass is 9.90. The number of nitrogens with two attached hydrogens (primary N) is 1. The first-order valence-electron chi connectivity index (χ1n) is 10.6. The number of benzene rings is 1. The predicted molar refractivity (Wildman–Crippen MR) is 126 cm³/mol. The molecule has 0 spiro atoms. The molecule has 2 heterocycles. The average molecular weight is 522 g/mol. The second kappa shape index (κ2) is 9.13. The molecule has 0 unspecified atom stereocenters. The summed E-state index contributed by atoms with van der Waals surface area (Å²) in [4.78, 5) is 12.4. The van der Waals surface area contributed by atoms with Gasteiger partial charge >= 0.3 is 6.08 Å². The summed E-state index contributed by atoms with van der Waals surface area (Å²) in [6.07, 6.45) is 4.66. The molecule has 3 aromatic rings. The number of rotatable bonds is 7. The van der Waals surface area contributed by atoms with Gasteiger partial charge in [-0.3, -0.25) is 0 Å². The molecule has 0 radical (unpaired) electrons. The van der Waals surface area contributed by atoms with Crippen molar-refractivity contribution in [3.05, 3.63) is 44.3 Å². The van der Waals surface area contributed by atoms with E-state index in [1.807, 2.05) is 4.57 Å². The minimum absolute atomic E-state index is 0.0905. The number of fused-ring (bicyclic) bond motifs is 2. The van der Waals surface area contributed by atoms with Crippen molar-refractivity contribution in [1.82, 2.24) is 24.8 Å². The van der Waals surface area contributed by atoms with Gasteiger partial charge in [0.05, 0.1) is 0 Å². The van der Waals surface area contributed by atoms with Gasteiger partial charge in [0.1, 0.15) is 5.82 Å². The van der Waals surface area contributed by atoms with E-state index in [-0.39, 0.29) is 5.82 Å². The van der Waals surface area contributed by atoms with Crippen LogP contribution in [-0.4, -0.2) is 32.6 Å². The largest absolute Gasteiger partial charge is 0.382 e. The molecule has 1 aliphatic carbocycles. The van der Waals surface area contributed by atoms with E-state index in [4.69, 9.17) is 10.7 Å². The summed E-state index contributed by atoms with van der Waals surface area (Å²) in [5, 5.41) is 3.44.